The van der Waals surface area contributed by atoms with Crippen LogP contribution >= 0.6 is 0 Å². The zero-order valence-electron chi connectivity index (χ0n) is 7.22. The Kier molecular flexibility index (Phi) is 2.53. The van der Waals surface area contributed by atoms with Gasteiger partial charge in [0.1, 0.15) is 0 Å². The molecule has 60 valence electrons. The van der Waals surface area contributed by atoms with Gasteiger partial charge >= 0.3 is 0 Å². The summed E-state index contributed by atoms with van der Waals surface area (Å²) in [5.74, 6) is 0. The fourth-order valence-electron chi connectivity index (χ4n) is 1.09. The first-order valence-electron chi connectivity index (χ1n) is 4.04. The quantitative estimate of drug-likeness (QED) is 0.641. The zero-order valence-corrected chi connectivity index (χ0v) is 7.22. The molecule has 0 aromatic rings. The van der Waals surface area contributed by atoms with E-state index >= 15 is 0 Å². The Balaban J connectivity index is 2.55. The summed E-state index contributed by atoms with van der Waals surface area (Å²) in [5, 5.41) is 0. The Labute approximate surface area is 68.3 Å². The average molecular weight is 149 g/mol. The lowest BCUT2D eigenvalue weighted by atomic mass is 10.1. The molecule has 1 nitrogen and oxygen atoms in total. The lowest BCUT2D eigenvalue weighted by Gasteiger charge is -1.97. The van der Waals surface area contributed by atoms with E-state index < -0.39 is 0 Å². The van der Waals surface area contributed by atoms with Crippen molar-refractivity contribution in [2.45, 2.75) is 26.7 Å². The van der Waals surface area contributed by atoms with Gasteiger partial charge in [-0.1, -0.05) is 24.6 Å². The SMILES string of the molecule is CC/C(C)=C\C1=CC=C(N)C1. The average Bonchev–Trinajstić information content (AvgIpc) is 2.35. The number of rotatable bonds is 2. The summed E-state index contributed by atoms with van der Waals surface area (Å²) in [6, 6.07) is 0. The fraction of sp³-hybridized carbons (Fsp3) is 0.400. The summed E-state index contributed by atoms with van der Waals surface area (Å²) in [7, 11) is 0. The molecule has 1 aliphatic rings. The molecular weight excluding hydrogens is 134 g/mol. The fourth-order valence-corrected chi connectivity index (χ4v) is 1.09. The molecule has 0 aromatic carbocycles. The lowest BCUT2D eigenvalue weighted by molar-refractivity contribution is 1.08. The van der Waals surface area contributed by atoms with Crippen LogP contribution in [0.25, 0.3) is 0 Å². The maximum Gasteiger partial charge on any atom is 0.0125 e. The van der Waals surface area contributed by atoms with Crippen LogP contribution in [-0.4, -0.2) is 0 Å². The Morgan fingerprint density at radius 2 is 2.36 bits per heavy atom. The number of hydrogen-bond acceptors (Lipinski definition) is 1. The van der Waals surface area contributed by atoms with Crippen molar-refractivity contribution < 1.29 is 0 Å². The van der Waals surface area contributed by atoms with Gasteiger partial charge in [-0.05, 0) is 25.0 Å². The van der Waals surface area contributed by atoms with Crippen molar-refractivity contribution in [2.24, 2.45) is 5.73 Å². The van der Waals surface area contributed by atoms with Crippen molar-refractivity contribution in [1.82, 2.24) is 0 Å². The Bertz CT molecular complexity index is 231. The van der Waals surface area contributed by atoms with Crippen LogP contribution < -0.4 is 5.73 Å². The Morgan fingerprint density at radius 3 is 2.82 bits per heavy atom. The van der Waals surface area contributed by atoms with Gasteiger partial charge in [0.05, 0.1) is 0 Å². The number of nitrogens with two attached hydrogens (primary N) is 1. The van der Waals surface area contributed by atoms with Gasteiger partial charge in [0.25, 0.3) is 0 Å². The normalized spacial score (nSPS) is 18.2. The van der Waals surface area contributed by atoms with E-state index in [4.69, 9.17) is 5.73 Å². The smallest absolute Gasteiger partial charge is 0.0125 e. The van der Waals surface area contributed by atoms with Crippen LogP contribution in [0.5, 0.6) is 0 Å². The van der Waals surface area contributed by atoms with Crippen LogP contribution in [0.3, 0.4) is 0 Å². The van der Waals surface area contributed by atoms with E-state index in [2.05, 4.69) is 26.0 Å². The summed E-state index contributed by atoms with van der Waals surface area (Å²) in [6.07, 6.45) is 8.34. The highest BCUT2D eigenvalue weighted by molar-refractivity contribution is 5.36. The second-order valence-corrected chi connectivity index (χ2v) is 3.00. The van der Waals surface area contributed by atoms with E-state index in [0.717, 1.165) is 18.5 Å². The molecular formula is C10H15N. The molecule has 2 N–H and O–H groups in total. The first-order valence-corrected chi connectivity index (χ1v) is 4.04. The van der Waals surface area contributed by atoms with Crippen LogP contribution in [-0.2, 0) is 0 Å². The minimum Gasteiger partial charge on any atom is -0.402 e. The van der Waals surface area contributed by atoms with Crippen molar-refractivity contribution >= 4 is 0 Å². The summed E-state index contributed by atoms with van der Waals surface area (Å²) >= 11 is 0. The molecule has 0 saturated carbocycles. The first-order chi connectivity index (χ1) is 5.22. The lowest BCUT2D eigenvalue weighted by Crippen LogP contribution is -1.92. The van der Waals surface area contributed by atoms with Crippen LogP contribution in [0.15, 0.2) is 35.1 Å². The summed E-state index contributed by atoms with van der Waals surface area (Å²) in [6.45, 7) is 4.31. The van der Waals surface area contributed by atoms with Gasteiger partial charge in [0.2, 0.25) is 0 Å². The van der Waals surface area contributed by atoms with Crippen LogP contribution in [0.4, 0.5) is 0 Å². The Morgan fingerprint density at radius 1 is 1.64 bits per heavy atom. The molecule has 0 spiro atoms. The van der Waals surface area contributed by atoms with E-state index in [9.17, 15) is 0 Å². The van der Waals surface area contributed by atoms with Crippen LogP contribution in [0.2, 0.25) is 0 Å². The predicted octanol–water partition coefficient (Wildman–Crippen LogP) is 2.52. The number of allylic oxidation sites excluding steroid dienone is 5. The second kappa shape index (κ2) is 3.42. The van der Waals surface area contributed by atoms with E-state index in [1.165, 1.54) is 11.1 Å². The molecule has 11 heavy (non-hydrogen) atoms. The third kappa shape index (κ3) is 2.26. The summed E-state index contributed by atoms with van der Waals surface area (Å²) in [5.41, 5.74) is 9.35. The molecule has 1 heteroatoms. The van der Waals surface area contributed by atoms with Crippen molar-refractivity contribution in [1.29, 1.82) is 0 Å². The van der Waals surface area contributed by atoms with Gasteiger partial charge in [-0.25, -0.2) is 0 Å². The molecule has 0 saturated heterocycles. The molecule has 0 amide bonds. The van der Waals surface area contributed by atoms with Crippen molar-refractivity contribution in [3.05, 3.63) is 35.1 Å². The second-order valence-electron chi connectivity index (χ2n) is 3.00. The maximum absolute atomic E-state index is 5.62. The minimum absolute atomic E-state index is 0.928. The predicted molar refractivity (Wildman–Crippen MR) is 49.0 cm³/mol. The molecule has 0 radical (unpaired) electrons. The Hall–Kier alpha value is -0.980. The zero-order chi connectivity index (χ0) is 8.27. The van der Waals surface area contributed by atoms with Crippen molar-refractivity contribution in [2.75, 3.05) is 0 Å². The van der Waals surface area contributed by atoms with Crippen LogP contribution in [0, 0.1) is 0 Å². The van der Waals surface area contributed by atoms with Gasteiger partial charge in [-0.2, -0.15) is 0 Å². The molecule has 0 heterocycles. The third-order valence-corrected chi connectivity index (χ3v) is 1.91. The monoisotopic (exact) mass is 149 g/mol. The molecule has 0 aromatic heterocycles. The number of hydrogen-bond donors (Lipinski definition) is 1. The molecule has 0 unspecified atom stereocenters. The topological polar surface area (TPSA) is 26.0 Å². The largest absolute Gasteiger partial charge is 0.402 e. The van der Waals surface area contributed by atoms with Gasteiger partial charge in [0.15, 0.2) is 0 Å². The maximum atomic E-state index is 5.62. The standard InChI is InChI=1S/C10H15N/c1-3-8(2)6-9-4-5-10(11)7-9/h4-6H,3,7,11H2,1-2H3/b8-6-. The molecule has 0 fully saturated rings. The highest BCUT2D eigenvalue weighted by Gasteiger charge is 2.01. The van der Waals surface area contributed by atoms with Crippen LogP contribution in [0.1, 0.15) is 26.7 Å². The van der Waals surface area contributed by atoms with E-state index in [0.29, 0.717) is 0 Å². The van der Waals surface area contributed by atoms with Crippen molar-refractivity contribution in [3.8, 4) is 0 Å². The van der Waals surface area contributed by atoms with E-state index in [1.807, 2.05) is 6.08 Å². The van der Waals surface area contributed by atoms with Gasteiger partial charge < -0.3 is 5.73 Å². The first kappa shape index (κ1) is 8.12. The van der Waals surface area contributed by atoms with Gasteiger partial charge in [-0.15, -0.1) is 0 Å². The van der Waals surface area contributed by atoms with E-state index in [1.54, 1.807) is 0 Å². The van der Waals surface area contributed by atoms with Gasteiger partial charge in [-0.3, -0.25) is 0 Å². The summed E-state index contributed by atoms with van der Waals surface area (Å²) in [4.78, 5) is 0. The molecule has 0 aliphatic heterocycles. The highest BCUT2D eigenvalue weighted by atomic mass is 14.6. The molecule has 0 atom stereocenters. The molecule has 1 rings (SSSR count). The highest BCUT2D eigenvalue weighted by Crippen LogP contribution is 2.17. The molecule has 0 bridgehead atoms. The van der Waals surface area contributed by atoms with E-state index in [-0.39, 0.29) is 0 Å². The summed E-state index contributed by atoms with van der Waals surface area (Å²) < 4.78 is 0. The van der Waals surface area contributed by atoms with Crippen molar-refractivity contribution in [3.63, 3.8) is 0 Å². The third-order valence-electron chi connectivity index (χ3n) is 1.91. The van der Waals surface area contributed by atoms with Gasteiger partial charge in [0, 0.05) is 12.1 Å². The molecule has 1 aliphatic carbocycles. The minimum atomic E-state index is 0.928.